The summed E-state index contributed by atoms with van der Waals surface area (Å²) in [5.41, 5.74) is 2.87. The second-order valence-corrected chi connectivity index (χ2v) is 3.77. The molecule has 4 heteroatoms. The Morgan fingerprint density at radius 2 is 2.54 bits per heavy atom. The van der Waals surface area contributed by atoms with Crippen LogP contribution in [0.2, 0.25) is 0 Å². The van der Waals surface area contributed by atoms with Crippen LogP contribution in [0.4, 0.5) is 0 Å². The van der Waals surface area contributed by atoms with E-state index in [9.17, 15) is 5.11 Å². The second kappa shape index (κ2) is 6.07. The van der Waals surface area contributed by atoms with Gasteiger partial charge in [-0.3, -0.25) is 0 Å². The van der Waals surface area contributed by atoms with Gasteiger partial charge < -0.3 is 10.4 Å². The Balaban J connectivity index is 2.07. The predicted molar refractivity (Wildman–Crippen MR) is 54.7 cm³/mol. The number of nitrogens with zero attached hydrogens (tertiary/aromatic N) is 1. The number of rotatable bonds is 6. The first kappa shape index (κ1) is 10.6. The van der Waals surface area contributed by atoms with E-state index in [-0.39, 0.29) is 6.10 Å². The van der Waals surface area contributed by atoms with E-state index in [1.807, 2.05) is 10.9 Å². The van der Waals surface area contributed by atoms with Crippen LogP contribution in [0.5, 0.6) is 0 Å². The van der Waals surface area contributed by atoms with Crippen LogP contribution in [-0.4, -0.2) is 22.7 Å². The number of aromatic nitrogens is 1. The topological polar surface area (TPSA) is 45.1 Å². The van der Waals surface area contributed by atoms with Gasteiger partial charge >= 0.3 is 0 Å². The fourth-order valence-corrected chi connectivity index (χ4v) is 1.69. The van der Waals surface area contributed by atoms with Gasteiger partial charge in [-0.1, -0.05) is 13.3 Å². The Kier molecular flexibility index (Phi) is 4.97. The highest BCUT2D eigenvalue weighted by molar-refractivity contribution is 7.07. The third-order valence-corrected chi connectivity index (χ3v) is 2.43. The zero-order valence-corrected chi connectivity index (χ0v) is 8.68. The molecule has 0 spiro atoms. The van der Waals surface area contributed by atoms with Gasteiger partial charge in [0.05, 0.1) is 17.3 Å². The van der Waals surface area contributed by atoms with E-state index >= 15 is 0 Å². The number of nitrogens with one attached hydrogen (secondary N) is 1. The van der Waals surface area contributed by atoms with E-state index in [0.717, 1.165) is 25.1 Å². The summed E-state index contributed by atoms with van der Waals surface area (Å²) in [6.07, 6.45) is 1.67. The summed E-state index contributed by atoms with van der Waals surface area (Å²) >= 11 is 1.60. The Morgan fingerprint density at radius 3 is 3.15 bits per heavy atom. The highest BCUT2D eigenvalue weighted by Gasteiger charge is 2.01. The summed E-state index contributed by atoms with van der Waals surface area (Å²) in [7, 11) is 0. The zero-order valence-electron chi connectivity index (χ0n) is 7.86. The summed E-state index contributed by atoms with van der Waals surface area (Å²) in [5, 5.41) is 14.6. The van der Waals surface area contributed by atoms with Gasteiger partial charge in [0.25, 0.3) is 0 Å². The third kappa shape index (κ3) is 4.36. The molecule has 0 amide bonds. The minimum absolute atomic E-state index is 0.219. The molecule has 74 valence electrons. The first-order chi connectivity index (χ1) is 6.33. The predicted octanol–water partition coefficient (Wildman–Crippen LogP) is 1.39. The molecule has 0 saturated carbocycles. The van der Waals surface area contributed by atoms with Crippen molar-refractivity contribution in [1.29, 1.82) is 0 Å². The SMILES string of the molecule is CCCC(O)CNCc1cscn1. The molecule has 0 aliphatic rings. The number of hydrogen-bond acceptors (Lipinski definition) is 4. The summed E-state index contributed by atoms with van der Waals surface area (Å²) in [4.78, 5) is 4.13. The van der Waals surface area contributed by atoms with E-state index in [1.54, 1.807) is 11.3 Å². The molecule has 3 nitrogen and oxygen atoms in total. The van der Waals surface area contributed by atoms with Gasteiger partial charge in [0.15, 0.2) is 0 Å². The number of aliphatic hydroxyl groups is 1. The number of thiazole rings is 1. The van der Waals surface area contributed by atoms with E-state index in [1.165, 1.54) is 0 Å². The summed E-state index contributed by atoms with van der Waals surface area (Å²) < 4.78 is 0. The molecular weight excluding hydrogens is 184 g/mol. The summed E-state index contributed by atoms with van der Waals surface area (Å²) in [5.74, 6) is 0. The molecule has 0 fully saturated rings. The van der Waals surface area contributed by atoms with Crippen LogP contribution in [0.15, 0.2) is 10.9 Å². The molecule has 1 aromatic rings. The van der Waals surface area contributed by atoms with E-state index < -0.39 is 0 Å². The van der Waals surface area contributed by atoms with Crippen LogP contribution >= 0.6 is 11.3 Å². The molecular formula is C9H16N2OS. The van der Waals surface area contributed by atoms with Crippen LogP contribution in [0.3, 0.4) is 0 Å². The van der Waals surface area contributed by atoms with Crippen molar-refractivity contribution in [1.82, 2.24) is 10.3 Å². The lowest BCUT2D eigenvalue weighted by atomic mass is 10.2. The smallest absolute Gasteiger partial charge is 0.0795 e. The molecule has 2 N–H and O–H groups in total. The molecule has 1 rings (SSSR count). The van der Waals surface area contributed by atoms with Gasteiger partial charge in [0.2, 0.25) is 0 Å². The largest absolute Gasteiger partial charge is 0.392 e. The Bertz CT molecular complexity index is 213. The standard InChI is InChI=1S/C9H16N2OS/c1-2-3-9(12)5-10-4-8-6-13-7-11-8/h6-7,9-10,12H,2-5H2,1H3. The van der Waals surface area contributed by atoms with Gasteiger partial charge in [-0.2, -0.15) is 0 Å². The maximum absolute atomic E-state index is 9.40. The van der Waals surface area contributed by atoms with Gasteiger partial charge in [-0.25, -0.2) is 4.98 Å². The average molecular weight is 200 g/mol. The maximum atomic E-state index is 9.40. The molecule has 0 saturated heterocycles. The van der Waals surface area contributed by atoms with Gasteiger partial charge in [-0.05, 0) is 6.42 Å². The van der Waals surface area contributed by atoms with Crippen LogP contribution in [0.25, 0.3) is 0 Å². The maximum Gasteiger partial charge on any atom is 0.0795 e. The van der Waals surface area contributed by atoms with Gasteiger partial charge in [0.1, 0.15) is 0 Å². The molecule has 0 aromatic carbocycles. The molecule has 0 aliphatic heterocycles. The minimum atomic E-state index is -0.219. The van der Waals surface area contributed by atoms with Gasteiger partial charge in [0, 0.05) is 18.5 Å². The van der Waals surface area contributed by atoms with Crippen molar-refractivity contribution in [2.45, 2.75) is 32.4 Å². The normalized spacial score (nSPS) is 13.1. The van der Waals surface area contributed by atoms with Crippen molar-refractivity contribution in [2.24, 2.45) is 0 Å². The molecule has 1 atom stereocenters. The van der Waals surface area contributed by atoms with Gasteiger partial charge in [-0.15, -0.1) is 11.3 Å². The highest BCUT2D eigenvalue weighted by atomic mass is 32.1. The van der Waals surface area contributed by atoms with Crippen molar-refractivity contribution in [2.75, 3.05) is 6.54 Å². The van der Waals surface area contributed by atoms with E-state index in [0.29, 0.717) is 6.54 Å². The number of hydrogen-bond donors (Lipinski definition) is 2. The molecule has 1 heterocycles. The molecule has 1 aromatic heterocycles. The molecule has 13 heavy (non-hydrogen) atoms. The van der Waals surface area contributed by atoms with Crippen molar-refractivity contribution in [3.63, 3.8) is 0 Å². The minimum Gasteiger partial charge on any atom is -0.392 e. The monoisotopic (exact) mass is 200 g/mol. The van der Waals surface area contributed by atoms with Crippen molar-refractivity contribution < 1.29 is 5.11 Å². The Hall–Kier alpha value is -0.450. The van der Waals surface area contributed by atoms with Crippen LogP contribution in [0.1, 0.15) is 25.5 Å². The summed E-state index contributed by atoms with van der Waals surface area (Å²) in [6.45, 7) is 3.49. The highest BCUT2D eigenvalue weighted by Crippen LogP contribution is 2.00. The number of aliphatic hydroxyl groups excluding tert-OH is 1. The lowest BCUT2D eigenvalue weighted by Crippen LogP contribution is -2.26. The van der Waals surface area contributed by atoms with E-state index in [2.05, 4.69) is 17.2 Å². The Morgan fingerprint density at radius 1 is 1.69 bits per heavy atom. The van der Waals surface area contributed by atoms with Crippen LogP contribution in [-0.2, 0) is 6.54 Å². The molecule has 0 bridgehead atoms. The molecule has 0 aliphatic carbocycles. The first-order valence-electron chi connectivity index (χ1n) is 4.58. The van der Waals surface area contributed by atoms with Crippen molar-refractivity contribution in [3.8, 4) is 0 Å². The molecule has 1 unspecified atom stereocenters. The first-order valence-corrected chi connectivity index (χ1v) is 5.53. The fraction of sp³-hybridized carbons (Fsp3) is 0.667. The summed E-state index contributed by atoms with van der Waals surface area (Å²) in [6, 6.07) is 0. The average Bonchev–Trinajstić information content (AvgIpc) is 2.57. The van der Waals surface area contributed by atoms with Crippen molar-refractivity contribution >= 4 is 11.3 Å². The Labute approximate surface area is 82.8 Å². The second-order valence-electron chi connectivity index (χ2n) is 3.05. The lowest BCUT2D eigenvalue weighted by molar-refractivity contribution is 0.160. The van der Waals surface area contributed by atoms with Crippen LogP contribution < -0.4 is 5.32 Å². The molecule has 0 radical (unpaired) electrons. The van der Waals surface area contributed by atoms with Crippen molar-refractivity contribution in [3.05, 3.63) is 16.6 Å². The quantitative estimate of drug-likeness (QED) is 0.729. The zero-order chi connectivity index (χ0) is 9.52. The third-order valence-electron chi connectivity index (χ3n) is 1.79. The van der Waals surface area contributed by atoms with E-state index in [4.69, 9.17) is 0 Å². The lowest BCUT2D eigenvalue weighted by Gasteiger charge is -2.09. The van der Waals surface area contributed by atoms with Crippen LogP contribution in [0, 0.1) is 0 Å². The fourth-order valence-electron chi connectivity index (χ4n) is 1.13.